The summed E-state index contributed by atoms with van der Waals surface area (Å²) in [7, 11) is 0. The fraction of sp³-hybridized carbons (Fsp3) is 0.706. The maximum Gasteiger partial charge on any atom is 0.232 e. The molecule has 0 spiro atoms. The Morgan fingerprint density at radius 1 is 1.05 bits per heavy atom. The van der Waals surface area contributed by atoms with Gasteiger partial charge in [0, 0.05) is 27.7 Å². The number of carbonyl (C=O) groups excluding carboxylic acids is 3. The van der Waals surface area contributed by atoms with Crippen molar-refractivity contribution >= 4 is 17.5 Å². The highest BCUT2D eigenvalue weighted by atomic mass is 16.3. The number of ketones is 2. The van der Waals surface area contributed by atoms with Gasteiger partial charge in [-0.3, -0.25) is 14.4 Å². The molecule has 3 saturated carbocycles. The van der Waals surface area contributed by atoms with Gasteiger partial charge in [-0.05, 0) is 80.3 Å². The summed E-state index contributed by atoms with van der Waals surface area (Å²) in [6.07, 6.45) is 14.1. The monoisotopic (exact) mass is 544 g/mol. The number of nitriles is 1. The molecule has 0 aromatic carbocycles. The van der Waals surface area contributed by atoms with Gasteiger partial charge in [-0.1, -0.05) is 53.5 Å². The molecule has 0 aromatic heterocycles. The smallest absolute Gasteiger partial charge is 0.232 e. The molecule has 0 radical (unpaired) electrons. The first-order valence-electron chi connectivity index (χ1n) is 14.8. The van der Waals surface area contributed by atoms with E-state index in [2.05, 4.69) is 45.0 Å². The van der Waals surface area contributed by atoms with E-state index in [4.69, 9.17) is 6.42 Å². The number of carbonyl (C=O) groups is 3. The highest BCUT2D eigenvalue weighted by molar-refractivity contribution is 6.05. The summed E-state index contributed by atoms with van der Waals surface area (Å²) in [6, 6.07) is 2.14. The Hall–Kier alpha value is -2.70. The second-order valence-electron chi connectivity index (χ2n) is 15.3. The van der Waals surface area contributed by atoms with Gasteiger partial charge in [0.1, 0.15) is 11.7 Å². The zero-order chi connectivity index (χ0) is 29.7. The van der Waals surface area contributed by atoms with Gasteiger partial charge in [-0.15, -0.1) is 6.42 Å². The van der Waals surface area contributed by atoms with Gasteiger partial charge >= 0.3 is 0 Å². The first-order chi connectivity index (χ1) is 18.4. The lowest BCUT2D eigenvalue weighted by Crippen LogP contribution is -2.74. The summed E-state index contributed by atoms with van der Waals surface area (Å²) in [4.78, 5) is 40.3. The Kier molecular flexibility index (Phi) is 6.06. The van der Waals surface area contributed by atoms with Gasteiger partial charge in [0.2, 0.25) is 5.91 Å². The molecular weight excluding hydrogens is 500 g/mol. The van der Waals surface area contributed by atoms with Crippen LogP contribution < -0.4 is 5.32 Å². The zero-order valence-electron chi connectivity index (χ0n) is 25.2. The molecule has 0 saturated heterocycles. The van der Waals surface area contributed by atoms with E-state index >= 15 is 0 Å². The molecule has 2 N–H and O–H groups in total. The SMILES string of the molecule is C#CCC(=O)N[C@@]1(C)CC[C@]2(C)CC[C@@]3(C)[C@]4(C)CC[C@H]5C(C)(C)C(=O)C(C#N)=C[C@]5(C)C4=CC(=O)[C@]3(O)[C@@H]2C1. The number of terminal acetylenes is 1. The standard InChI is InChI=1S/C34H44N2O4/c1-9-10-26(38)36-30(5)15-13-29(4)14-16-33(8)32(7)12-11-22-28(2,3)27(39)21(20-35)18-31(22,6)23(32)17-25(37)34(33,40)24(29)19-30/h1,17-18,22,24,40H,10-16,19H2,2-8H3,(H,36,38)/t22-,24+,29+,30-,31-,32+,33-,34+/m0/s1. The van der Waals surface area contributed by atoms with Gasteiger partial charge in [0.15, 0.2) is 11.6 Å². The van der Waals surface area contributed by atoms with E-state index in [0.717, 1.165) is 37.7 Å². The summed E-state index contributed by atoms with van der Waals surface area (Å²) in [5, 5.41) is 25.9. The Bertz CT molecular complexity index is 1360. The van der Waals surface area contributed by atoms with Gasteiger partial charge < -0.3 is 10.4 Å². The average Bonchev–Trinajstić information content (AvgIpc) is 2.87. The Balaban J connectivity index is 1.66. The van der Waals surface area contributed by atoms with Crippen molar-refractivity contribution in [2.24, 2.45) is 38.9 Å². The Morgan fingerprint density at radius 3 is 2.33 bits per heavy atom. The molecule has 0 aromatic rings. The number of aliphatic hydroxyl groups is 1. The number of hydrogen-bond acceptors (Lipinski definition) is 5. The molecule has 6 nitrogen and oxygen atoms in total. The first kappa shape index (κ1) is 28.8. The van der Waals surface area contributed by atoms with Crippen molar-refractivity contribution in [1.29, 1.82) is 5.26 Å². The average molecular weight is 545 g/mol. The molecule has 5 aliphatic carbocycles. The molecule has 0 unspecified atom stereocenters. The molecule has 0 bridgehead atoms. The van der Waals surface area contributed by atoms with Crippen LogP contribution in [0, 0.1) is 62.6 Å². The van der Waals surface area contributed by atoms with Gasteiger partial charge in [0.05, 0.1) is 12.0 Å². The van der Waals surface area contributed by atoms with E-state index < -0.39 is 32.8 Å². The van der Waals surface area contributed by atoms with Crippen LogP contribution in [0.5, 0.6) is 0 Å². The van der Waals surface area contributed by atoms with Crippen LogP contribution in [-0.4, -0.2) is 33.7 Å². The number of Topliss-reactive ketones (excluding diaryl/α,β-unsaturated/α-hetero) is 1. The minimum absolute atomic E-state index is 0.000585. The number of nitrogens with one attached hydrogen (secondary N) is 1. The predicted octanol–water partition coefficient (Wildman–Crippen LogP) is 5.21. The van der Waals surface area contributed by atoms with Crippen LogP contribution in [0.4, 0.5) is 0 Å². The lowest BCUT2D eigenvalue weighted by Gasteiger charge is -2.71. The number of rotatable bonds is 2. The molecule has 6 heteroatoms. The van der Waals surface area contributed by atoms with Crippen LogP contribution in [0.3, 0.4) is 0 Å². The number of allylic oxidation sites excluding steroid dienone is 3. The van der Waals surface area contributed by atoms with Crippen LogP contribution in [0.25, 0.3) is 0 Å². The molecule has 0 heterocycles. The number of nitrogens with zero attached hydrogens (tertiary/aromatic N) is 1. The lowest BCUT2D eigenvalue weighted by molar-refractivity contribution is -0.240. The van der Waals surface area contributed by atoms with E-state index in [-0.39, 0.29) is 46.7 Å². The molecular formula is C34H44N2O4. The predicted molar refractivity (Wildman–Crippen MR) is 152 cm³/mol. The fourth-order valence-corrected chi connectivity index (χ4v) is 10.3. The molecule has 5 rings (SSSR count). The summed E-state index contributed by atoms with van der Waals surface area (Å²) in [5.41, 5.74) is -3.97. The molecule has 0 aliphatic heterocycles. The summed E-state index contributed by atoms with van der Waals surface area (Å²) < 4.78 is 0. The Morgan fingerprint density at radius 2 is 1.70 bits per heavy atom. The van der Waals surface area contributed by atoms with Crippen LogP contribution in [0.1, 0.15) is 99.8 Å². The topological polar surface area (TPSA) is 107 Å². The maximum atomic E-state index is 14.5. The van der Waals surface area contributed by atoms with Crippen LogP contribution in [0.2, 0.25) is 0 Å². The van der Waals surface area contributed by atoms with Crippen molar-refractivity contribution in [3.05, 3.63) is 23.3 Å². The van der Waals surface area contributed by atoms with Gasteiger partial charge in [-0.2, -0.15) is 5.26 Å². The van der Waals surface area contributed by atoms with E-state index in [1.807, 2.05) is 26.8 Å². The van der Waals surface area contributed by atoms with Crippen molar-refractivity contribution < 1.29 is 19.5 Å². The van der Waals surface area contributed by atoms with Crippen molar-refractivity contribution in [3.8, 4) is 18.4 Å². The number of fused-ring (bicyclic) bond motifs is 7. The maximum absolute atomic E-state index is 14.5. The molecule has 5 aliphatic rings. The summed E-state index contributed by atoms with van der Waals surface area (Å²) in [6.45, 7) is 14.4. The van der Waals surface area contributed by atoms with Gasteiger partial charge in [-0.25, -0.2) is 0 Å². The van der Waals surface area contributed by atoms with Gasteiger partial charge in [0.25, 0.3) is 0 Å². The minimum atomic E-state index is -1.61. The van der Waals surface area contributed by atoms with Crippen LogP contribution >= 0.6 is 0 Å². The Labute approximate surface area is 239 Å². The third kappa shape index (κ3) is 3.35. The largest absolute Gasteiger partial charge is 0.381 e. The van der Waals surface area contributed by atoms with Crippen molar-refractivity contribution in [3.63, 3.8) is 0 Å². The van der Waals surface area contributed by atoms with E-state index in [9.17, 15) is 24.8 Å². The quantitative estimate of drug-likeness (QED) is 0.464. The summed E-state index contributed by atoms with van der Waals surface area (Å²) >= 11 is 0. The molecule has 214 valence electrons. The molecule has 3 fully saturated rings. The lowest BCUT2D eigenvalue weighted by atomic mass is 9.33. The second-order valence-corrected chi connectivity index (χ2v) is 15.3. The summed E-state index contributed by atoms with van der Waals surface area (Å²) in [5.74, 6) is 1.41. The zero-order valence-corrected chi connectivity index (χ0v) is 25.2. The van der Waals surface area contributed by atoms with Crippen LogP contribution in [0.15, 0.2) is 23.3 Å². The third-order valence-corrected chi connectivity index (χ3v) is 13.0. The fourth-order valence-electron chi connectivity index (χ4n) is 10.3. The van der Waals surface area contributed by atoms with E-state index in [1.54, 1.807) is 6.08 Å². The molecule has 8 atom stereocenters. The first-order valence-corrected chi connectivity index (χ1v) is 14.8. The highest BCUT2D eigenvalue weighted by Crippen LogP contribution is 2.75. The number of hydrogen-bond donors (Lipinski definition) is 2. The van der Waals surface area contributed by atoms with E-state index in [0.29, 0.717) is 12.8 Å². The van der Waals surface area contributed by atoms with Crippen LogP contribution in [-0.2, 0) is 14.4 Å². The molecule has 1 amide bonds. The normalized spacial score (nSPS) is 47.1. The van der Waals surface area contributed by atoms with Crippen molar-refractivity contribution in [2.45, 2.75) is 111 Å². The van der Waals surface area contributed by atoms with Crippen molar-refractivity contribution in [1.82, 2.24) is 5.32 Å². The molecule has 40 heavy (non-hydrogen) atoms. The van der Waals surface area contributed by atoms with Crippen molar-refractivity contribution in [2.75, 3.05) is 0 Å². The number of amides is 1. The minimum Gasteiger partial charge on any atom is -0.381 e. The highest BCUT2D eigenvalue weighted by Gasteiger charge is 2.75. The third-order valence-electron chi connectivity index (χ3n) is 13.0. The van der Waals surface area contributed by atoms with E-state index in [1.165, 1.54) is 0 Å². The second kappa shape index (κ2) is 8.42.